The van der Waals surface area contributed by atoms with E-state index in [2.05, 4.69) is 10.3 Å². The topological polar surface area (TPSA) is 88.3 Å². The second-order valence-corrected chi connectivity index (χ2v) is 8.06. The third kappa shape index (κ3) is 3.09. The van der Waals surface area contributed by atoms with Gasteiger partial charge in [0.2, 0.25) is 10.0 Å². The molecule has 3 N–H and O–H groups in total. The van der Waals surface area contributed by atoms with E-state index in [1.54, 1.807) is 4.31 Å². The molecule has 2 aliphatic rings. The lowest BCUT2D eigenvalue weighted by atomic mass is 10.0. The first kappa shape index (κ1) is 15.6. The minimum absolute atomic E-state index is 0.147. The second-order valence-electron chi connectivity index (χ2n) is 6.01. The van der Waals surface area contributed by atoms with Gasteiger partial charge < -0.3 is 11.1 Å². The van der Waals surface area contributed by atoms with E-state index >= 15 is 0 Å². The van der Waals surface area contributed by atoms with Crippen LogP contribution in [0.4, 0.5) is 10.1 Å². The average Bonchev–Trinajstić information content (AvgIpc) is 2.58. The summed E-state index contributed by atoms with van der Waals surface area (Å²) in [5.41, 5.74) is 6.51. The van der Waals surface area contributed by atoms with Crippen LogP contribution < -0.4 is 11.1 Å². The molecule has 2 fully saturated rings. The Morgan fingerprint density at radius 3 is 3.05 bits per heavy atom. The predicted octanol–water partition coefficient (Wildman–Crippen LogP) is 0.502. The van der Waals surface area contributed by atoms with Crippen LogP contribution >= 0.6 is 0 Å². The number of nitrogen functional groups attached to an aromatic ring is 1. The number of nitrogens with two attached hydrogens (primary N) is 1. The normalized spacial score (nSPS) is 30.7. The Balaban J connectivity index is 1.74. The monoisotopic (exact) mass is 328 g/mol. The summed E-state index contributed by atoms with van der Waals surface area (Å²) in [5.74, 6) is -0.228. The van der Waals surface area contributed by atoms with E-state index in [0.29, 0.717) is 43.6 Å². The van der Waals surface area contributed by atoms with Gasteiger partial charge in [-0.2, -0.15) is 4.31 Å². The summed E-state index contributed by atoms with van der Waals surface area (Å²) in [4.78, 5) is 3.71. The number of anilines is 1. The van der Waals surface area contributed by atoms with Gasteiger partial charge in [-0.05, 0) is 25.7 Å². The van der Waals surface area contributed by atoms with Gasteiger partial charge in [0.1, 0.15) is 5.82 Å². The number of hydrogen-bond acceptors (Lipinski definition) is 5. The lowest BCUT2D eigenvalue weighted by Gasteiger charge is -2.37. The summed E-state index contributed by atoms with van der Waals surface area (Å²) >= 11 is 0. The number of pyridine rings is 1. The Kier molecular flexibility index (Phi) is 4.33. The highest BCUT2D eigenvalue weighted by Crippen LogP contribution is 2.25. The number of rotatable bonds is 3. The fourth-order valence-electron chi connectivity index (χ4n) is 3.30. The first-order chi connectivity index (χ1) is 10.5. The number of sulfonamides is 1. The zero-order valence-electron chi connectivity index (χ0n) is 12.3. The molecule has 1 unspecified atom stereocenters. The van der Waals surface area contributed by atoms with Crippen molar-refractivity contribution >= 4 is 15.7 Å². The zero-order valence-corrected chi connectivity index (χ0v) is 13.2. The van der Waals surface area contributed by atoms with E-state index in [9.17, 15) is 12.8 Å². The maximum Gasteiger partial charge on any atom is 0.214 e. The van der Waals surface area contributed by atoms with Crippen molar-refractivity contribution in [1.82, 2.24) is 14.6 Å². The fraction of sp³-hybridized carbons (Fsp3) is 0.643. The largest absolute Gasteiger partial charge is 0.397 e. The van der Waals surface area contributed by atoms with Crippen LogP contribution in [0.1, 0.15) is 24.8 Å². The molecule has 3 heterocycles. The molecule has 3 atom stereocenters. The molecule has 1 aromatic rings. The number of piperazine rings is 1. The van der Waals surface area contributed by atoms with Crippen LogP contribution in [0.3, 0.4) is 0 Å². The predicted molar refractivity (Wildman–Crippen MR) is 82.2 cm³/mol. The van der Waals surface area contributed by atoms with Crippen LogP contribution in [0.2, 0.25) is 0 Å². The molecule has 6 nitrogen and oxygen atoms in total. The molecule has 2 aliphatic heterocycles. The highest BCUT2D eigenvalue weighted by Gasteiger charge is 2.37. The van der Waals surface area contributed by atoms with E-state index in [0.717, 1.165) is 12.6 Å². The van der Waals surface area contributed by atoms with Gasteiger partial charge in [-0.25, -0.2) is 12.8 Å². The van der Waals surface area contributed by atoms with Gasteiger partial charge in [-0.3, -0.25) is 4.98 Å². The first-order valence-corrected chi connectivity index (χ1v) is 9.19. The first-order valence-electron chi connectivity index (χ1n) is 7.58. The Bertz CT molecular complexity index is 632. The third-order valence-corrected chi connectivity index (χ3v) is 6.49. The molecule has 0 aliphatic carbocycles. The molecule has 3 rings (SSSR count). The van der Waals surface area contributed by atoms with Gasteiger partial charge in [0, 0.05) is 30.7 Å². The molecular formula is C14H21FN4O2S. The van der Waals surface area contributed by atoms with Crippen LogP contribution in [0.25, 0.3) is 0 Å². The Labute approximate surface area is 129 Å². The van der Waals surface area contributed by atoms with Crippen molar-refractivity contribution in [2.45, 2.75) is 37.8 Å². The Morgan fingerprint density at radius 1 is 1.45 bits per heavy atom. The van der Waals surface area contributed by atoms with Gasteiger partial charge in [-0.15, -0.1) is 0 Å². The molecule has 2 bridgehead atoms. The summed E-state index contributed by atoms with van der Waals surface area (Å²) < 4.78 is 40.1. The van der Waals surface area contributed by atoms with E-state index in [-0.39, 0.29) is 17.8 Å². The lowest BCUT2D eigenvalue weighted by Crippen LogP contribution is -2.57. The number of nitrogens with zero attached hydrogens (tertiary/aromatic N) is 2. The maximum atomic E-state index is 13.8. The molecule has 2 saturated heterocycles. The third-order valence-electron chi connectivity index (χ3n) is 4.53. The summed E-state index contributed by atoms with van der Waals surface area (Å²) in [6.45, 7) is 1.12. The smallest absolute Gasteiger partial charge is 0.214 e. The highest BCUT2D eigenvalue weighted by molar-refractivity contribution is 7.89. The zero-order chi connectivity index (χ0) is 15.7. The lowest BCUT2D eigenvalue weighted by molar-refractivity contribution is 0.216. The molecule has 8 heteroatoms. The molecule has 1 aromatic heterocycles. The van der Waals surface area contributed by atoms with Crippen molar-refractivity contribution in [3.8, 4) is 0 Å². The minimum atomic E-state index is -3.21. The number of nitrogens with one attached hydrogen (secondary N) is 1. The van der Waals surface area contributed by atoms with Crippen LogP contribution in [0.15, 0.2) is 12.4 Å². The summed E-state index contributed by atoms with van der Waals surface area (Å²) in [6.07, 6.45) is 5.09. The van der Waals surface area contributed by atoms with E-state index in [4.69, 9.17) is 5.73 Å². The minimum Gasteiger partial charge on any atom is -0.397 e. The Morgan fingerprint density at radius 2 is 2.27 bits per heavy atom. The number of halogens is 1. The van der Waals surface area contributed by atoms with Crippen molar-refractivity contribution in [3.05, 3.63) is 23.8 Å². The van der Waals surface area contributed by atoms with Crippen LogP contribution in [-0.4, -0.2) is 48.6 Å². The highest BCUT2D eigenvalue weighted by atomic mass is 32.2. The van der Waals surface area contributed by atoms with Gasteiger partial charge >= 0.3 is 0 Å². The maximum absolute atomic E-state index is 13.8. The summed E-state index contributed by atoms with van der Waals surface area (Å²) in [6, 6.07) is 0.0857. The van der Waals surface area contributed by atoms with Crippen molar-refractivity contribution in [1.29, 1.82) is 0 Å². The number of hydrogen-bond donors (Lipinski definition) is 2. The number of aromatic nitrogens is 1. The van der Waals surface area contributed by atoms with Gasteiger partial charge in [0.25, 0.3) is 0 Å². The second kappa shape index (κ2) is 6.10. The van der Waals surface area contributed by atoms with Crippen LogP contribution in [-0.2, 0) is 16.4 Å². The van der Waals surface area contributed by atoms with Gasteiger partial charge in [0.15, 0.2) is 0 Å². The molecule has 0 spiro atoms. The van der Waals surface area contributed by atoms with Crippen molar-refractivity contribution in [2.24, 2.45) is 0 Å². The molecule has 0 saturated carbocycles. The van der Waals surface area contributed by atoms with Gasteiger partial charge in [-0.1, -0.05) is 0 Å². The fourth-order valence-corrected chi connectivity index (χ4v) is 5.10. The quantitative estimate of drug-likeness (QED) is 0.844. The Hall–Kier alpha value is -1.25. The van der Waals surface area contributed by atoms with E-state index < -0.39 is 15.8 Å². The summed E-state index contributed by atoms with van der Waals surface area (Å²) in [7, 11) is -3.21. The average molecular weight is 328 g/mol. The van der Waals surface area contributed by atoms with Gasteiger partial charge in [0.05, 0.1) is 23.8 Å². The summed E-state index contributed by atoms with van der Waals surface area (Å²) in [5, 5.41) is 3.40. The molecular weight excluding hydrogens is 307 g/mol. The SMILES string of the molecule is Nc1cncc(F)c1CC[C@H]1CN[C@@H]2CCCS(=O)(=O)N1C2. The van der Waals surface area contributed by atoms with E-state index in [1.165, 1.54) is 6.20 Å². The molecule has 122 valence electrons. The van der Waals surface area contributed by atoms with E-state index in [1.807, 2.05) is 0 Å². The molecule has 0 aromatic carbocycles. The standard InChI is InChI=1S/C14H21FN4O2S/c15-13-7-17-8-14(16)12(13)4-3-11-6-18-10-2-1-5-22(20,21)19(11)9-10/h7-8,10-11,18H,1-6,9,16H2/t10-,11+/m1/s1. The molecule has 22 heavy (non-hydrogen) atoms. The molecule has 0 radical (unpaired) electrons. The van der Waals surface area contributed by atoms with Crippen LogP contribution in [0, 0.1) is 5.82 Å². The molecule has 0 amide bonds. The van der Waals surface area contributed by atoms with Crippen molar-refractivity contribution < 1.29 is 12.8 Å². The van der Waals surface area contributed by atoms with Crippen molar-refractivity contribution in [2.75, 3.05) is 24.6 Å². The van der Waals surface area contributed by atoms with Crippen LogP contribution in [0.5, 0.6) is 0 Å². The number of fused-ring (bicyclic) bond motifs is 2. The van der Waals surface area contributed by atoms with Crippen molar-refractivity contribution in [3.63, 3.8) is 0 Å².